The molecule has 2 atom stereocenters. The molecule has 0 spiro atoms. The van der Waals surface area contributed by atoms with Crippen molar-refractivity contribution in [3.8, 4) is 11.1 Å². The third-order valence-electron chi connectivity index (χ3n) is 7.91. The Morgan fingerprint density at radius 2 is 1.43 bits per heavy atom. The monoisotopic (exact) mass is 556 g/mol. The molecule has 1 amide bonds. The fraction of sp³-hybridized carbons (Fsp3) is 0.111. The number of amides is 1. The Morgan fingerprint density at radius 1 is 0.738 bits per heavy atom. The number of halogens is 1. The molecule has 0 aliphatic rings. The highest BCUT2D eigenvalue weighted by molar-refractivity contribution is 6.08. The highest BCUT2D eigenvalue weighted by Crippen LogP contribution is 2.33. The van der Waals surface area contributed by atoms with Crippen molar-refractivity contribution in [2.75, 3.05) is 0 Å². The minimum atomic E-state index is -1.00. The number of hydrogen-bond acceptors (Lipinski definition) is 2. The van der Waals surface area contributed by atoms with Crippen LogP contribution in [0.3, 0.4) is 0 Å². The largest absolute Gasteiger partial charge is 0.478 e. The van der Waals surface area contributed by atoms with Gasteiger partial charge in [0.25, 0.3) is 5.91 Å². The van der Waals surface area contributed by atoms with Crippen LogP contribution in [0, 0.1) is 5.82 Å². The summed E-state index contributed by atoms with van der Waals surface area (Å²) >= 11 is 0. The first kappa shape index (κ1) is 27.0. The first-order valence-corrected chi connectivity index (χ1v) is 13.8. The van der Waals surface area contributed by atoms with Crippen molar-refractivity contribution in [1.82, 2.24) is 9.88 Å². The molecule has 42 heavy (non-hydrogen) atoms. The van der Waals surface area contributed by atoms with Crippen LogP contribution in [-0.4, -0.2) is 21.6 Å². The molecule has 2 N–H and O–H groups in total. The molecule has 1 heterocycles. The summed E-state index contributed by atoms with van der Waals surface area (Å²) in [4.78, 5) is 25.2. The zero-order chi connectivity index (χ0) is 29.4. The third kappa shape index (κ3) is 5.15. The number of rotatable bonds is 7. The van der Waals surface area contributed by atoms with Gasteiger partial charge in [-0.25, -0.2) is 9.18 Å². The molecule has 1 aromatic heterocycles. The Bertz CT molecular complexity index is 1940. The van der Waals surface area contributed by atoms with E-state index >= 15 is 0 Å². The first-order chi connectivity index (χ1) is 20.3. The van der Waals surface area contributed by atoms with E-state index in [4.69, 9.17) is 0 Å². The van der Waals surface area contributed by atoms with Crippen molar-refractivity contribution in [3.63, 3.8) is 0 Å². The van der Waals surface area contributed by atoms with Crippen molar-refractivity contribution in [2.24, 2.45) is 0 Å². The quantitative estimate of drug-likeness (QED) is 0.207. The second-order valence-corrected chi connectivity index (χ2v) is 10.6. The number of benzene rings is 5. The van der Waals surface area contributed by atoms with E-state index in [-0.39, 0.29) is 29.4 Å². The normalized spacial score (nSPS) is 12.7. The Balaban J connectivity index is 1.43. The molecule has 0 saturated carbocycles. The molecule has 6 heteroatoms. The van der Waals surface area contributed by atoms with Gasteiger partial charge in [0.05, 0.1) is 28.7 Å². The molecule has 6 aromatic rings. The molecule has 0 saturated heterocycles. The number of carbonyl (C=O) groups is 2. The van der Waals surface area contributed by atoms with E-state index in [2.05, 4.69) is 47.1 Å². The Labute approximate surface area is 242 Å². The Hall–Kier alpha value is -5.23. The van der Waals surface area contributed by atoms with Crippen molar-refractivity contribution in [1.29, 1.82) is 0 Å². The van der Waals surface area contributed by atoms with Crippen molar-refractivity contribution in [3.05, 3.63) is 143 Å². The maximum absolute atomic E-state index is 14.0. The smallest absolute Gasteiger partial charge is 0.335 e. The van der Waals surface area contributed by atoms with Crippen LogP contribution in [0.4, 0.5) is 4.39 Å². The van der Waals surface area contributed by atoms with E-state index in [0.717, 1.165) is 38.5 Å². The van der Waals surface area contributed by atoms with Gasteiger partial charge in [-0.05, 0) is 95.4 Å². The van der Waals surface area contributed by atoms with Crippen LogP contribution in [0.25, 0.3) is 32.8 Å². The number of aromatic carboxylic acids is 1. The lowest BCUT2D eigenvalue weighted by atomic mass is 9.98. The fourth-order valence-corrected chi connectivity index (χ4v) is 5.51. The number of aromatic nitrogens is 1. The van der Waals surface area contributed by atoms with E-state index in [0.29, 0.717) is 5.56 Å². The lowest BCUT2D eigenvalue weighted by Gasteiger charge is -2.20. The highest BCUT2D eigenvalue weighted by atomic mass is 19.1. The van der Waals surface area contributed by atoms with E-state index in [9.17, 15) is 19.1 Å². The summed E-state index contributed by atoms with van der Waals surface area (Å²) in [7, 11) is 0. The van der Waals surface area contributed by atoms with Crippen LogP contribution in [-0.2, 0) is 0 Å². The number of hydrogen-bond donors (Lipinski definition) is 2. The number of nitrogens with one attached hydrogen (secondary N) is 1. The topological polar surface area (TPSA) is 71.3 Å². The second kappa shape index (κ2) is 11.0. The molecular formula is C36H29FN2O3. The Kier molecular flexibility index (Phi) is 7.05. The van der Waals surface area contributed by atoms with Crippen LogP contribution in [0.2, 0.25) is 0 Å². The van der Waals surface area contributed by atoms with Crippen molar-refractivity contribution in [2.45, 2.75) is 25.9 Å². The lowest BCUT2D eigenvalue weighted by molar-refractivity contribution is 0.0696. The minimum Gasteiger partial charge on any atom is -0.478 e. The Morgan fingerprint density at radius 3 is 2.14 bits per heavy atom. The number of carbonyl (C=O) groups excluding carboxylic acids is 1. The number of carboxylic acid groups (broad SMARTS) is 1. The number of fused-ring (bicyclic) bond motifs is 2. The molecule has 0 radical (unpaired) electrons. The van der Waals surface area contributed by atoms with Gasteiger partial charge in [-0.2, -0.15) is 0 Å². The molecule has 0 aliphatic carbocycles. The molecule has 5 aromatic carbocycles. The molecular weight excluding hydrogens is 527 g/mol. The van der Waals surface area contributed by atoms with E-state index in [1.54, 1.807) is 24.3 Å². The molecule has 5 nitrogen and oxygen atoms in total. The predicted octanol–water partition coefficient (Wildman–Crippen LogP) is 8.40. The van der Waals surface area contributed by atoms with Gasteiger partial charge in [0, 0.05) is 11.6 Å². The van der Waals surface area contributed by atoms with Gasteiger partial charge < -0.3 is 15.0 Å². The summed E-state index contributed by atoms with van der Waals surface area (Å²) in [6, 6.07) is 32.8. The van der Waals surface area contributed by atoms with E-state index in [1.807, 2.05) is 43.5 Å². The van der Waals surface area contributed by atoms with Crippen LogP contribution in [0.15, 0.2) is 115 Å². The summed E-state index contributed by atoms with van der Waals surface area (Å²) in [5, 5.41) is 15.6. The molecule has 0 aliphatic heterocycles. The highest BCUT2D eigenvalue weighted by Gasteiger charge is 2.21. The zero-order valence-electron chi connectivity index (χ0n) is 23.2. The fourth-order valence-electron chi connectivity index (χ4n) is 5.51. The maximum Gasteiger partial charge on any atom is 0.335 e. The van der Waals surface area contributed by atoms with Gasteiger partial charge in [-0.1, -0.05) is 60.7 Å². The van der Waals surface area contributed by atoms with Gasteiger partial charge in [0.1, 0.15) is 5.82 Å². The van der Waals surface area contributed by atoms with Gasteiger partial charge in [0.2, 0.25) is 0 Å². The van der Waals surface area contributed by atoms with Gasteiger partial charge >= 0.3 is 5.97 Å². The SMILES string of the molecule is C[C@H](NC(=O)c1cc(-c2ccc(F)cc2)cc2ccn([C@@H](C)c3ccc4ccccc4c3)c12)c1ccc(C(=O)O)cc1. The summed E-state index contributed by atoms with van der Waals surface area (Å²) in [5.41, 5.74) is 5.01. The van der Waals surface area contributed by atoms with Crippen molar-refractivity contribution < 1.29 is 19.1 Å². The number of carboxylic acids is 1. The zero-order valence-corrected chi connectivity index (χ0v) is 23.2. The average molecular weight is 557 g/mol. The lowest BCUT2D eigenvalue weighted by Crippen LogP contribution is -2.27. The second-order valence-electron chi connectivity index (χ2n) is 10.6. The first-order valence-electron chi connectivity index (χ1n) is 13.8. The van der Waals surface area contributed by atoms with E-state index < -0.39 is 5.97 Å². The molecule has 0 fully saturated rings. The number of nitrogens with zero attached hydrogens (tertiary/aromatic N) is 1. The van der Waals surface area contributed by atoms with Crippen LogP contribution in [0.1, 0.15) is 57.8 Å². The van der Waals surface area contributed by atoms with E-state index in [1.165, 1.54) is 29.7 Å². The summed E-state index contributed by atoms with van der Waals surface area (Å²) in [5.74, 6) is -1.58. The third-order valence-corrected chi connectivity index (χ3v) is 7.91. The van der Waals surface area contributed by atoms with Crippen molar-refractivity contribution >= 4 is 33.6 Å². The summed E-state index contributed by atoms with van der Waals surface area (Å²) in [6.45, 7) is 3.98. The van der Waals surface area contributed by atoms with Crippen LogP contribution < -0.4 is 5.32 Å². The summed E-state index contributed by atoms with van der Waals surface area (Å²) < 4.78 is 15.8. The maximum atomic E-state index is 14.0. The van der Waals surface area contributed by atoms with Gasteiger partial charge in [0.15, 0.2) is 0 Å². The average Bonchev–Trinajstić information content (AvgIpc) is 3.44. The molecule has 0 bridgehead atoms. The molecule has 0 unspecified atom stereocenters. The van der Waals surface area contributed by atoms with Crippen LogP contribution in [0.5, 0.6) is 0 Å². The predicted molar refractivity (Wildman–Crippen MR) is 164 cm³/mol. The van der Waals surface area contributed by atoms with Crippen LogP contribution >= 0.6 is 0 Å². The minimum absolute atomic E-state index is 0.0590. The summed E-state index contributed by atoms with van der Waals surface area (Å²) in [6.07, 6.45) is 2.00. The standard InChI is InChI=1S/C36H29FN2O3/c1-22(24-7-10-27(11-8-24)36(41)42)38-35(40)33-21-31(26-13-15-32(37)16-14-26)20-30-17-18-39(34(30)33)23(2)28-12-9-25-5-3-4-6-29(25)19-28/h3-23H,1-2H3,(H,38,40)(H,41,42)/t22-,23-/m0/s1. The van der Waals surface area contributed by atoms with Gasteiger partial charge in [-0.3, -0.25) is 4.79 Å². The molecule has 6 rings (SSSR count). The van der Waals surface area contributed by atoms with Gasteiger partial charge in [-0.15, -0.1) is 0 Å². The molecule has 208 valence electrons.